The zero-order chi connectivity index (χ0) is 25.6. The number of rotatable bonds is 8. The quantitative estimate of drug-likeness (QED) is 0.299. The lowest BCUT2D eigenvalue weighted by Gasteiger charge is -2.31. The van der Waals surface area contributed by atoms with E-state index in [0.717, 1.165) is 69.0 Å². The SMILES string of the molecule is CCN(CC)c1ccc(C=C2CCC(C=N/N=C/c3c(C)[nH]c4ccccc34)=C2N2CCOCC2)cc1. The van der Waals surface area contributed by atoms with E-state index in [4.69, 9.17) is 4.74 Å². The van der Waals surface area contributed by atoms with E-state index in [1.54, 1.807) is 0 Å². The van der Waals surface area contributed by atoms with Crippen LogP contribution >= 0.6 is 0 Å². The normalized spacial score (nSPS) is 17.8. The van der Waals surface area contributed by atoms with Crippen molar-refractivity contribution < 1.29 is 4.74 Å². The number of nitrogens with zero attached hydrogens (tertiary/aromatic N) is 4. The summed E-state index contributed by atoms with van der Waals surface area (Å²) in [7, 11) is 0. The van der Waals surface area contributed by atoms with Crippen LogP contribution in [0.4, 0.5) is 5.69 Å². The molecule has 2 heterocycles. The largest absolute Gasteiger partial charge is 0.378 e. The van der Waals surface area contributed by atoms with E-state index >= 15 is 0 Å². The number of nitrogens with one attached hydrogen (secondary N) is 1. The monoisotopic (exact) mass is 495 g/mol. The summed E-state index contributed by atoms with van der Waals surface area (Å²) in [6.45, 7) is 11.9. The van der Waals surface area contributed by atoms with Gasteiger partial charge in [-0.15, -0.1) is 0 Å². The molecule has 6 nitrogen and oxygen atoms in total. The third kappa shape index (κ3) is 5.54. The maximum absolute atomic E-state index is 5.64. The highest BCUT2D eigenvalue weighted by Crippen LogP contribution is 2.35. The molecule has 1 N–H and O–H groups in total. The van der Waals surface area contributed by atoms with Gasteiger partial charge in [-0.25, -0.2) is 0 Å². The summed E-state index contributed by atoms with van der Waals surface area (Å²) < 4.78 is 5.64. The van der Waals surface area contributed by atoms with Gasteiger partial charge in [0, 0.05) is 59.7 Å². The summed E-state index contributed by atoms with van der Waals surface area (Å²) >= 11 is 0. The number of morpholine rings is 1. The number of allylic oxidation sites excluding steroid dienone is 2. The summed E-state index contributed by atoms with van der Waals surface area (Å²) in [5.74, 6) is 0. The topological polar surface area (TPSA) is 56.2 Å². The van der Waals surface area contributed by atoms with Crippen molar-refractivity contribution in [3.63, 3.8) is 0 Å². The molecule has 0 amide bonds. The average molecular weight is 496 g/mol. The Labute approximate surface area is 220 Å². The van der Waals surface area contributed by atoms with Crippen molar-refractivity contribution in [1.82, 2.24) is 9.88 Å². The molecule has 6 heteroatoms. The molecule has 1 aromatic heterocycles. The molecule has 0 saturated carbocycles. The van der Waals surface area contributed by atoms with Gasteiger partial charge in [0.15, 0.2) is 0 Å². The number of benzene rings is 2. The van der Waals surface area contributed by atoms with E-state index in [2.05, 4.69) is 94.3 Å². The van der Waals surface area contributed by atoms with Crippen molar-refractivity contribution in [2.45, 2.75) is 33.6 Å². The first-order valence-corrected chi connectivity index (χ1v) is 13.4. The van der Waals surface area contributed by atoms with Gasteiger partial charge in [-0.2, -0.15) is 10.2 Å². The van der Waals surface area contributed by atoms with Crippen molar-refractivity contribution in [2.24, 2.45) is 10.2 Å². The third-order valence-corrected chi connectivity index (χ3v) is 7.37. The molecule has 0 bridgehead atoms. The van der Waals surface area contributed by atoms with Crippen molar-refractivity contribution in [1.29, 1.82) is 0 Å². The zero-order valence-electron chi connectivity index (χ0n) is 22.2. The number of para-hydroxylation sites is 1. The van der Waals surface area contributed by atoms with Gasteiger partial charge < -0.3 is 19.5 Å². The number of aromatic nitrogens is 1. The molecule has 2 aliphatic rings. The second-order valence-corrected chi connectivity index (χ2v) is 9.61. The second kappa shape index (κ2) is 11.6. The summed E-state index contributed by atoms with van der Waals surface area (Å²) in [4.78, 5) is 8.26. The van der Waals surface area contributed by atoms with Crippen LogP contribution in [0.1, 0.15) is 43.5 Å². The molecule has 0 unspecified atom stereocenters. The number of hydrogen-bond donors (Lipinski definition) is 1. The average Bonchev–Trinajstić information content (AvgIpc) is 3.48. The Morgan fingerprint density at radius 1 is 0.946 bits per heavy atom. The van der Waals surface area contributed by atoms with Crippen molar-refractivity contribution >= 4 is 35.1 Å². The van der Waals surface area contributed by atoms with Gasteiger partial charge in [0.05, 0.1) is 25.6 Å². The molecular formula is C31H37N5O. The zero-order valence-corrected chi connectivity index (χ0v) is 22.2. The fourth-order valence-electron chi connectivity index (χ4n) is 5.40. The van der Waals surface area contributed by atoms with Gasteiger partial charge in [-0.1, -0.05) is 30.3 Å². The molecule has 0 radical (unpaired) electrons. The lowest BCUT2D eigenvalue weighted by molar-refractivity contribution is 0.0548. The smallest absolute Gasteiger partial charge is 0.0642 e. The van der Waals surface area contributed by atoms with Crippen LogP contribution in [0.2, 0.25) is 0 Å². The number of H-pyrrole nitrogens is 1. The summed E-state index contributed by atoms with van der Waals surface area (Å²) in [6.07, 6.45) is 8.15. The second-order valence-electron chi connectivity index (χ2n) is 9.61. The molecule has 5 rings (SSSR count). The van der Waals surface area contributed by atoms with Crippen LogP contribution in [0.3, 0.4) is 0 Å². The lowest BCUT2D eigenvalue weighted by Crippen LogP contribution is -2.36. The van der Waals surface area contributed by atoms with Crippen LogP contribution < -0.4 is 4.90 Å². The Morgan fingerprint density at radius 2 is 1.68 bits per heavy atom. The number of fused-ring (bicyclic) bond motifs is 1. The molecule has 2 aromatic carbocycles. The van der Waals surface area contributed by atoms with Crippen LogP contribution in [0, 0.1) is 6.92 Å². The minimum atomic E-state index is 0.762. The first-order valence-electron chi connectivity index (χ1n) is 13.4. The molecule has 0 spiro atoms. The van der Waals surface area contributed by atoms with Crippen molar-refractivity contribution in [2.75, 3.05) is 44.3 Å². The van der Waals surface area contributed by atoms with Gasteiger partial charge >= 0.3 is 0 Å². The third-order valence-electron chi connectivity index (χ3n) is 7.37. The number of aromatic amines is 1. The molecule has 192 valence electrons. The van der Waals surface area contributed by atoms with Crippen LogP contribution in [0.25, 0.3) is 17.0 Å². The van der Waals surface area contributed by atoms with Crippen molar-refractivity contribution in [3.8, 4) is 0 Å². The number of aryl methyl sites for hydroxylation is 1. The fraction of sp³-hybridized carbons (Fsp3) is 0.355. The molecular weight excluding hydrogens is 458 g/mol. The highest BCUT2D eigenvalue weighted by Gasteiger charge is 2.25. The maximum atomic E-state index is 5.64. The Morgan fingerprint density at radius 3 is 2.43 bits per heavy atom. The fourth-order valence-corrected chi connectivity index (χ4v) is 5.40. The Kier molecular flexibility index (Phi) is 7.85. The summed E-state index contributed by atoms with van der Waals surface area (Å²) in [5.41, 5.74) is 9.76. The maximum Gasteiger partial charge on any atom is 0.0642 e. The molecule has 3 aromatic rings. The predicted molar refractivity (Wildman–Crippen MR) is 156 cm³/mol. The standard InChI is InChI=1S/C31H37N5O/c1-4-35(5-2)27-14-10-24(11-15-27)20-25-12-13-26(31(25)36-16-18-37-19-17-36)21-32-33-22-29-23(3)34-30-9-7-6-8-28(29)30/h6-11,14-15,20-22,34H,4-5,12-13,16-19H2,1-3H3/b25-20?,32-21?,33-22+. The van der Waals surface area contributed by atoms with E-state index < -0.39 is 0 Å². The van der Waals surface area contributed by atoms with Crippen molar-refractivity contribution in [3.05, 3.63) is 82.2 Å². The van der Waals surface area contributed by atoms with E-state index in [9.17, 15) is 0 Å². The molecule has 37 heavy (non-hydrogen) atoms. The molecule has 1 fully saturated rings. The minimum Gasteiger partial charge on any atom is -0.378 e. The van der Waals surface area contributed by atoms with Gasteiger partial charge in [0.2, 0.25) is 0 Å². The van der Waals surface area contributed by atoms with Crippen LogP contribution in [0.5, 0.6) is 0 Å². The predicted octanol–water partition coefficient (Wildman–Crippen LogP) is 6.19. The van der Waals surface area contributed by atoms with Crippen LogP contribution in [-0.2, 0) is 4.74 Å². The van der Waals surface area contributed by atoms with Gasteiger partial charge in [0.25, 0.3) is 0 Å². The number of hydrogen-bond acceptors (Lipinski definition) is 5. The Balaban J connectivity index is 1.40. The first kappa shape index (κ1) is 25.0. The highest BCUT2D eigenvalue weighted by atomic mass is 16.5. The highest BCUT2D eigenvalue weighted by molar-refractivity contribution is 6.00. The number of ether oxygens (including phenoxy) is 1. The minimum absolute atomic E-state index is 0.762. The van der Waals surface area contributed by atoms with Gasteiger partial charge in [0.1, 0.15) is 0 Å². The van der Waals surface area contributed by atoms with Crippen LogP contribution in [0.15, 0.2) is 75.6 Å². The van der Waals surface area contributed by atoms with E-state index in [1.807, 2.05) is 18.5 Å². The molecule has 0 atom stereocenters. The van der Waals surface area contributed by atoms with Gasteiger partial charge in [-0.05, 0) is 74.6 Å². The molecule has 1 aliphatic heterocycles. The van der Waals surface area contributed by atoms with E-state index in [-0.39, 0.29) is 0 Å². The summed E-state index contributed by atoms with van der Waals surface area (Å²) in [6, 6.07) is 17.2. The van der Waals surface area contributed by atoms with E-state index in [1.165, 1.54) is 33.5 Å². The van der Waals surface area contributed by atoms with Crippen LogP contribution in [-0.4, -0.2) is 61.7 Å². The van der Waals surface area contributed by atoms with E-state index in [0.29, 0.717) is 0 Å². The Bertz CT molecular complexity index is 1340. The van der Waals surface area contributed by atoms with Gasteiger partial charge in [-0.3, -0.25) is 0 Å². The first-order chi connectivity index (χ1) is 18.2. The summed E-state index contributed by atoms with van der Waals surface area (Å²) in [5, 5.41) is 10.1. The number of anilines is 1. The Hall–Kier alpha value is -3.64. The lowest BCUT2D eigenvalue weighted by atomic mass is 10.1. The molecule has 1 aliphatic carbocycles. The molecule has 1 saturated heterocycles.